The van der Waals surface area contributed by atoms with Gasteiger partial charge in [0.15, 0.2) is 11.5 Å². The molecule has 7 heteroatoms. The van der Waals surface area contributed by atoms with Crippen molar-refractivity contribution < 1.29 is 14.3 Å². The van der Waals surface area contributed by atoms with Crippen LogP contribution in [0.2, 0.25) is 0 Å². The van der Waals surface area contributed by atoms with Crippen molar-refractivity contribution in [1.82, 2.24) is 10.4 Å². The number of carbonyl (C=O) groups is 1. The number of hydrazone groups is 1. The van der Waals surface area contributed by atoms with Crippen LogP contribution in [-0.4, -0.2) is 30.3 Å². The highest BCUT2D eigenvalue weighted by Crippen LogP contribution is 2.29. The lowest BCUT2D eigenvalue weighted by molar-refractivity contribution is 0.0950. The van der Waals surface area contributed by atoms with E-state index in [-0.39, 0.29) is 5.91 Å². The number of benzene rings is 2. The third kappa shape index (κ3) is 6.15. The molecule has 0 spiro atoms. The van der Waals surface area contributed by atoms with Crippen LogP contribution in [-0.2, 0) is 0 Å². The van der Waals surface area contributed by atoms with E-state index in [0.717, 1.165) is 33.9 Å². The summed E-state index contributed by atoms with van der Waals surface area (Å²) >= 11 is 1.49. The number of ether oxygens (including phenoxy) is 2. The lowest BCUT2D eigenvalue weighted by Crippen LogP contribution is -2.19. The molecule has 162 valence electrons. The molecule has 0 atom stereocenters. The Morgan fingerprint density at radius 1 is 1.13 bits per heavy atom. The Bertz CT molecular complexity index is 1030. The van der Waals surface area contributed by atoms with Gasteiger partial charge in [0.2, 0.25) is 0 Å². The van der Waals surface area contributed by atoms with Crippen LogP contribution in [0, 0.1) is 6.92 Å². The van der Waals surface area contributed by atoms with Crippen molar-refractivity contribution in [3.8, 4) is 22.1 Å². The van der Waals surface area contributed by atoms with Gasteiger partial charge < -0.3 is 9.47 Å². The molecule has 1 aromatic heterocycles. The van der Waals surface area contributed by atoms with Crippen molar-refractivity contribution in [2.45, 2.75) is 33.6 Å². The summed E-state index contributed by atoms with van der Waals surface area (Å²) in [7, 11) is 0. The van der Waals surface area contributed by atoms with Gasteiger partial charge in [-0.3, -0.25) is 4.79 Å². The standard InChI is InChI=1S/C24H27N3O3S/c1-4-6-14-30-20-13-12-18(15-21(20)29-5-2)16-25-27-23(28)22-17(3)31-24(26-22)19-10-8-7-9-11-19/h7-13,15-16H,4-6,14H2,1-3H3,(H,27,28)/b25-16-. The molecule has 0 unspecified atom stereocenters. The third-order valence-corrected chi connectivity index (χ3v) is 5.46. The molecule has 2 aromatic carbocycles. The second-order valence-corrected chi connectivity index (χ2v) is 8.03. The molecule has 31 heavy (non-hydrogen) atoms. The zero-order valence-electron chi connectivity index (χ0n) is 18.1. The van der Waals surface area contributed by atoms with E-state index >= 15 is 0 Å². The number of nitrogens with one attached hydrogen (secondary N) is 1. The largest absolute Gasteiger partial charge is 0.490 e. The first-order valence-electron chi connectivity index (χ1n) is 10.4. The first-order valence-corrected chi connectivity index (χ1v) is 11.2. The van der Waals surface area contributed by atoms with Crippen LogP contribution >= 0.6 is 11.3 Å². The molecule has 3 aromatic rings. The number of rotatable bonds is 10. The molecule has 0 bridgehead atoms. The second-order valence-electron chi connectivity index (χ2n) is 6.83. The smallest absolute Gasteiger partial charge is 0.291 e. The summed E-state index contributed by atoms with van der Waals surface area (Å²) in [6, 6.07) is 15.4. The van der Waals surface area contributed by atoms with Crippen molar-refractivity contribution in [3.63, 3.8) is 0 Å². The normalized spacial score (nSPS) is 10.9. The van der Waals surface area contributed by atoms with Gasteiger partial charge in [-0.1, -0.05) is 43.7 Å². The Balaban J connectivity index is 1.66. The van der Waals surface area contributed by atoms with Crippen molar-refractivity contribution in [1.29, 1.82) is 0 Å². The van der Waals surface area contributed by atoms with Crippen LogP contribution in [0.5, 0.6) is 11.5 Å². The summed E-state index contributed by atoms with van der Waals surface area (Å²) in [5.74, 6) is 1.04. The van der Waals surface area contributed by atoms with E-state index in [1.54, 1.807) is 6.21 Å². The number of aryl methyl sites for hydroxylation is 1. The highest BCUT2D eigenvalue weighted by Gasteiger charge is 2.15. The number of thiazole rings is 1. The number of unbranched alkanes of at least 4 members (excludes halogenated alkanes) is 1. The Labute approximate surface area is 186 Å². The van der Waals surface area contributed by atoms with Gasteiger partial charge in [-0.2, -0.15) is 5.10 Å². The molecule has 1 amide bonds. The predicted molar refractivity (Wildman–Crippen MR) is 125 cm³/mol. The van der Waals surface area contributed by atoms with Crippen LogP contribution in [0.1, 0.15) is 47.6 Å². The third-order valence-electron chi connectivity index (χ3n) is 4.44. The zero-order chi connectivity index (χ0) is 22.1. The quantitative estimate of drug-likeness (QED) is 0.260. The molecule has 1 N–H and O–H groups in total. The highest BCUT2D eigenvalue weighted by atomic mass is 32.1. The number of amides is 1. The summed E-state index contributed by atoms with van der Waals surface area (Å²) in [6.45, 7) is 7.12. The minimum absolute atomic E-state index is 0.336. The van der Waals surface area contributed by atoms with E-state index in [1.807, 2.05) is 62.4 Å². The molecule has 0 saturated carbocycles. The van der Waals surface area contributed by atoms with Crippen LogP contribution in [0.15, 0.2) is 53.6 Å². The molecule has 0 aliphatic carbocycles. The minimum atomic E-state index is -0.336. The van der Waals surface area contributed by atoms with Gasteiger partial charge in [-0.25, -0.2) is 10.4 Å². The van der Waals surface area contributed by atoms with E-state index < -0.39 is 0 Å². The maximum Gasteiger partial charge on any atom is 0.291 e. The second kappa shape index (κ2) is 11.3. The maximum atomic E-state index is 12.5. The van der Waals surface area contributed by atoms with Crippen molar-refractivity contribution in [3.05, 3.63) is 64.7 Å². The number of hydrogen-bond acceptors (Lipinski definition) is 6. The molecule has 3 rings (SSSR count). The minimum Gasteiger partial charge on any atom is -0.490 e. The van der Waals surface area contributed by atoms with Crippen LogP contribution in [0.3, 0.4) is 0 Å². The molecule has 0 radical (unpaired) electrons. The van der Waals surface area contributed by atoms with Crippen LogP contribution in [0.4, 0.5) is 0 Å². The number of nitrogens with zero attached hydrogens (tertiary/aromatic N) is 2. The van der Waals surface area contributed by atoms with E-state index in [1.165, 1.54) is 11.3 Å². The molecule has 1 heterocycles. The van der Waals surface area contributed by atoms with E-state index in [9.17, 15) is 4.79 Å². The number of carbonyl (C=O) groups excluding carboxylic acids is 1. The van der Waals surface area contributed by atoms with Gasteiger partial charge in [0.25, 0.3) is 5.91 Å². The maximum absolute atomic E-state index is 12.5. The monoisotopic (exact) mass is 437 g/mol. The lowest BCUT2D eigenvalue weighted by Gasteiger charge is -2.12. The van der Waals surface area contributed by atoms with E-state index in [0.29, 0.717) is 30.4 Å². The van der Waals surface area contributed by atoms with Gasteiger partial charge in [-0.05, 0) is 44.0 Å². The van der Waals surface area contributed by atoms with Gasteiger partial charge in [0.1, 0.15) is 10.7 Å². The van der Waals surface area contributed by atoms with Gasteiger partial charge in [0.05, 0.1) is 19.4 Å². The molecular formula is C24H27N3O3S. The Kier molecular flexibility index (Phi) is 8.18. The number of aromatic nitrogens is 1. The summed E-state index contributed by atoms with van der Waals surface area (Å²) < 4.78 is 11.5. The fraction of sp³-hybridized carbons (Fsp3) is 0.292. The summed E-state index contributed by atoms with van der Waals surface area (Å²) in [4.78, 5) is 17.9. The predicted octanol–water partition coefficient (Wildman–Crippen LogP) is 5.46. The summed E-state index contributed by atoms with van der Waals surface area (Å²) in [5, 5.41) is 4.90. The average Bonchev–Trinajstić information content (AvgIpc) is 3.18. The van der Waals surface area contributed by atoms with Gasteiger partial charge in [0, 0.05) is 10.4 Å². The Morgan fingerprint density at radius 2 is 1.94 bits per heavy atom. The molecule has 0 saturated heterocycles. The van der Waals surface area contributed by atoms with E-state index in [2.05, 4.69) is 22.4 Å². The van der Waals surface area contributed by atoms with Crippen molar-refractivity contribution >= 4 is 23.5 Å². The average molecular weight is 438 g/mol. The fourth-order valence-electron chi connectivity index (χ4n) is 2.85. The van der Waals surface area contributed by atoms with Crippen LogP contribution in [0.25, 0.3) is 10.6 Å². The van der Waals surface area contributed by atoms with Gasteiger partial charge >= 0.3 is 0 Å². The van der Waals surface area contributed by atoms with E-state index in [4.69, 9.17) is 9.47 Å². The first kappa shape index (κ1) is 22.5. The van der Waals surface area contributed by atoms with Crippen LogP contribution < -0.4 is 14.9 Å². The summed E-state index contributed by atoms with van der Waals surface area (Å²) in [5.41, 5.74) is 4.74. The topological polar surface area (TPSA) is 72.8 Å². The Hall–Kier alpha value is -3.19. The highest BCUT2D eigenvalue weighted by molar-refractivity contribution is 7.15. The molecule has 0 fully saturated rings. The molecule has 0 aliphatic heterocycles. The summed E-state index contributed by atoms with van der Waals surface area (Å²) in [6.07, 6.45) is 3.64. The fourth-order valence-corrected chi connectivity index (χ4v) is 3.76. The molecular weight excluding hydrogens is 410 g/mol. The van der Waals surface area contributed by atoms with Crippen molar-refractivity contribution in [2.75, 3.05) is 13.2 Å². The Morgan fingerprint density at radius 3 is 2.68 bits per heavy atom. The zero-order valence-corrected chi connectivity index (χ0v) is 18.9. The SMILES string of the molecule is CCCCOc1ccc(/C=N\NC(=O)c2nc(-c3ccccc3)sc2C)cc1OCC. The lowest BCUT2D eigenvalue weighted by atomic mass is 10.2. The first-order chi connectivity index (χ1) is 15.1. The molecule has 0 aliphatic rings. The number of hydrogen-bond donors (Lipinski definition) is 1. The van der Waals surface area contributed by atoms with Gasteiger partial charge in [-0.15, -0.1) is 11.3 Å². The van der Waals surface area contributed by atoms with Crippen molar-refractivity contribution in [2.24, 2.45) is 5.10 Å². The molecule has 6 nitrogen and oxygen atoms in total.